The second kappa shape index (κ2) is 11.3. The lowest BCUT2D eigenvalue weighted by Gasteiger charge is -2.34. The van der Waals surface area contributed by atoms with E-state index in [-0.39, 0.29) is 12.5 Å². The van der Waals surface area contributed by atoms with Crippen LogP contribution in [0, 0.1) is 0 Å². The molecule has 1 saturated heterocycles. The van der Waals surface area contributed by atoms with Gasteiger partial charge in [-0.2, -0.15) is 0 Å². The Labute approximate surface area is 182 Å². The van der Waals surface area contributed by atoms with E-state index in [0.29, 0.717) is 12.1 Å². The van der Waals surface area contributed by atoms with E-state index in [1.165, 1.54) is 30.5 Å². The highest BCUT2D eigenvalue weighted by molar-refractivity contribution is 5.85. The Morgan fingerprint density at radius 3 is 2.50 bits per heavy atom. The molecule has 1 fully saturated rings. The van der Waals surface area contributed by atoms with E-state index in [9.17, 15) is 4.79 Å². The van der Waals surface area contributed by atoms with Crippen LogP contribution >= 0.6 is 0 Å². The molecule has 1 unspecified atom stereocenters. The summed E-state index contributed by atoms with van der Waals surface area (Å²) in [5, 5.41) is 7.28. The van der Waals surface area contributed by atoms with Crippen molar-refractivity contribution < 1.29 is 4.79 Å². The van der Waals surface area contributed by atoms with Crippen molar-refractivity contribution in [3.63, 3.8) is 0 Å². The molecule has 1 aliphatic carbocycles. The molecule has 3 rings (SSSR count). The molecule has 6 nitrogen and oxygen atoms in total. The van der Waals surface area contributed by atoms with Crippen LogP contribution in [0.5, 0.6) is 0 Å². The van der Waals surface area contributed by atoms with Crippen molar-refractivity contribution in [2.45, 2.75) is 64.0 Å². The number of unbranched alkanes of at least 4 members (excludes halogenated alkanes) is 1. The van der Waals surface area contributed by atoms with Gasteiger partial charge in [-0.05, 0) is 56.2 Å². The fourth-order valence-electron chi connectivity index (χ4n) is 4.31. The van der Waals surface area contributed by atoms with Crippen molar-refractivity contribution in [3.05, 3.63) is 35.4 Å². The van der Waals surface area contributed by atoms with E-state index in [1.54, 1.807) is 19.0 Å². The molecule has 0 saturated carbocycles. The predicted molar refractivity (Wildman–Crippen MR) is 124 cm³/mol. The van der Waals surface area contributed by atoms with E-state index in [2.05, 4.69) is 51.7 Å². The minimum absolute atomic E-state index is 0.0273. The fraction of sp³-hybridized carbons (Fsp3) is 0.667. The Bertz CT molecular complexity index is 709. The normalized spacial score (nSPS) is 20.5. The zero-order chi connectivity index (χ0) is 21.3. The Kier molecular flexibility index (Phi) is 8.55. The molecular weight excluding hydrogens is 374 g/mol. The monoisotopic (exact) mass is 413 g/mol. The lowest BCUT2D eigenvalue weighted by atomic mass is 9.88. The maximum Gasteiger partial charge on any atom is 0.243 e. The summed E-state index contributed by atoms with van der Waals surface area (Å²) in [7, 11) is 3.56. The van der Waals surface area contributed by atoms with Gasteiger partial charge < -0.3 is 20.4 Å². The molecule has 0 radical (unpaired) electrons. The topological polar surface area (TPSA) is 60.0 Å². The number of carbonyl (C=O) groups is 1. The molecule has 2 N–H and O–H groups in total. The number of rotatable bonds is 7. The Balaban J connectivity index is 1.58. The summed E-state index contributed by atoms with van der Waals surface area (Å²) in [6.45, 7) is 5.92. The molecule has 0 aromatic heterocycles. The molecule has 166 valence electrons. The van der Waals surface area contributed by atoms with Crippen LogP contribution in [0.3, 0.4) is 0 Å². The van der Waals surface area contributed by atoms with Gasteiger partial charge in [-0.25, -0.2) is 4.99 Å². The van der Waals surface area contributed by atoms with Crippen molar-refractivity contribution in [2.75, 3.05) is 40.3 Å². The third-order valence-corrected chi connectivity index (χ3v) is 6.32. The number of aryl methyl sites for hydroxylation is 1. The molecule has 1 amide bonds. The van der Waals surface area contributed by atoms with Crippen LogP contribution in [-0.4, -0.2) is 74.0 Å². The molecule has 2 aliphatic rings. The molecule has 1 atom stereocenters. The molecule has 0 bridgehead atoms. The molecule has 1 heterocycles. The minimum Gasteiger partial charge on any atom is -0.354 e. The second-order valence-corrected chi connectivity index (χ2v) is 8.92. The van der Waals surface area contributed by atoms with Crippen molar-refractivity contribution >= 4 is 11.9 Å². The number of nitrogens with zero attached hydrogens (tertiary/aromatic N) is 3. The van der Waals surface area contributed by atoms with Gasteiger partial charge >= 0.3 is 0 Å². The van der Waals surface area contributed by atoms with Crippen molar-refractivity contribution in [1.29, 1.82) is 0 Å². The van der Waals surface area contributed by atoms with E-state index in [4.69, 9.17) is 0 Å². The summed E-state index contributed by atoms with van der Waals surface area (Å²) < 4.78 is 0. The zero-order valence-corrected chi connectivity index (χ0v) is 19.0. The maximum atomic E-state index is 12.1. The summed E-state index contributed by atoms with van der Waals surface area (Å²) in [6.07, 6.45) is 7.97. The van der Waals surface area contributed by atoms with Crippen LogP contribution in [0.25, 0.3) is 0 Å². The molecule has 1 aromatic carbocycles. The van der Waals surface area contributed by atoms with Gasteiger partial charge in [-0.3, -0.25) is 4.79 Å². The first-order valence-electron chi connectivity index (χ1n) is 11.6. The number of hydrogen-bond acceptors (Lipinski definition) is 3. The van der Waals surface area contributed by atoms with Gasteiger partial charge in [0.05, 0.1) is 0 Å². The first kappa shape index (κ1) is 22.6. The lowest BCUT2D eigenvalue weighted by Crippen LogP contribution is -2.52. The minimum atomic E-state index is 0.0273. The van der Waals surface area contributed by atoms with E-state index in [1.807, 2.05) is 0 Å². The van der Waals surface area contributed by atoms with Crippen LogP contribution in [-0.2, 0) is 17.6 Å². The molecule has 0 spiro atoms. The average molecular weight is 414 g/mol. The largest absolute Gasteiger partial charge is 0.354 e. The lowest BCUT2D eigenvalue weighted by molar-refractivity contribution is -0.127. The highest BCUT2D eigenvalue weighted by Gasteiger charge is 2.23. The number of likely N-dealkylation sites (tertiary alicyclic amines) is 1. The standard InChI is InChI=1S/C24H39N5O/c1-4-5-14-29-15-12-21(13-16-29)26-24(25-18-23(30)28(2)3)27-22-11-10-19-8-6-7-9-20(19)17-22/h6-9,21-22H,4-5,10-18H2,1-3H3,(H2,25,26,27). The third kappa shape index (κ3) is 6.73. The first-order chi connectivity index (χ1) is 14.5. The Morgan fingerprint density at radius 2 is 1.80 bits per heavy atom. The number of likely N-dealkylation sites (N-methyl/N-ethyl adjacent to an activating group) is 1. The summed E-state index contributed by atoms with van der Waals surface area (Å²) in [6, 6.07) is 9.48. The Morgan fingerprint density at radius 1 is 1.10 bits per heavy atom. The van der Waals surface area contributed by atoms with Gasteiger partial charge in [-0.15, -0.1) is 0 Å². The third-order valence-electron chi connectivity index (χ3n) is 6.32. The SMILES string of the molecule is CCCCN1CCC(NC(=NCC(=O)N(C)C)NC2CCc3ccccc3C2)CC1. The summed E-state index contributed by atoms with van der Waals surface area (Å²) in [5.41, 5.74) is 2.89. The summed E-state index contributed by atoms with van der Waals surface area (Å²) in [4.78, 5) is 20.9. The summed E-state index contributed by atoms with van der Waals surface area (Å²) >= 11 is 0. The van der Waals surface area contributed by atoms with Crippen LogP contribution in [0.4, 0.5) is 0 Å². The van der Waals surface area contributed by atoms with Crippen LogP contribution < -0.4 is 10.6 Å². The number of fused-ring (bicyclic) bond motifs is 1. The number of piperidine rings is 1. The second-order valence-electron chi connectivity index (χ2n) is 8.92. The zero-order valence-electron chi connectivity index (χ0n) is 19.0. The molecule has 30 heavy (non-hydrogen) atoms. The number of aliphatic imine (C=N–C) groups is 1. The number of carbonyl (C=O) groups excluding carboxylic acids is 1. The van der Waals surface area contributed by atoms with E-state index in [0.717, 1.165) is 51.2 Å². The highest BCUT2D eigenvalue weighted by Crippen LogP contribution is 2.21. The number of guanidine groups is 1. The molecule has 1 aromatic rings. The quantitative estimate of drug-likeness (QED) is 0.532. The molecule has 1 aliphatic heterocycles. The van der Waals surface area contributed by atoms with Gasteiger partial charge in [0.2, 0.25) is 5.91 Å². The smallest absolute Gasteiger partial charge is 0.243 e. The predicted octanol–water partition coefficient (Wildman–Crippen LogP) is 2.43. The molecular formula is C24H39N5O. The van der Waals surface area contributed by atoms with Gasteiger partial charge in [0.1, 0.15) is 6.54 Å². The van der Waals surface area contributed by atoms with Crippen LogP contribution in [0.15, 0.2) is 29.3 Å². The summed E-state index contributed by atoms with van der Waals surface area (Å²) in [5.74, 6) is 0.820. The van der Waals surface area contributed by atoms with Gasteiger partial charge in [0.15, 0.2) is 5.96 Å². The number of amides is 1. The molecule has 6 heteroatoms. The maximum absolute atomic E-state index is 12.1. The first-order valence-corrected chi connectivity index (χ1v) is 11.6. The Hall–Kier alpha value is -2.08. The number of benzene rings is 1. The van der Waals surface area contributed by atoms with Crippen molar-refractivity contribution in [3.8, 4) is 0 Å². The van der Waals surface area contributed by atoms with Gasteiger partial charge in [-0.1, -0.05) is 37.6 Å². The van der Waals surface area contributed by atoms with E-state index >= 15 is 0 Å². The number of nitrogens with one attached hydrogen (secondary N) is 2. The van der Waals surface area contributed by atoms with Crippen LogP contribution in [0.1, 0.15) is 50.2 Å². The van der Waals surface area contributed by atoms with Gasteiger partial charge in [0.25, 0.3) is 0 Å². The van der Waals surface area contributed by atoms with Gasteiger partial charge in [0, 0.05) is 39.3 Å². The van der Waals surface area contributed by atoms with Crippen molar-refractivity contribution in [1.82, 2.24) is 20.4 Å². The fourth-order valence-corrected chi connectivity index (χ4v) is 4.31. The van der Waals surface area contributed by atoms with Crippen molar-refractivity contribution in [2.24, 2.45) is 4.99 Å². The van der Waals surface area contributed by atoms with Crippen LogP contribution in [0.2, 0.25) is 0 Å². The number of hydrogen-bond donors (Lipinski definition) is 2. The average Bonchev–Trinajstić information content (AvgIpc) is 2.76. The highest BCUT2D eigenvalue weighted by atomic mass is 16.2. The van der Waals surface area contributed by atoms with E-state index < -0.39 is 0 Å².